The molecular formula is C13H13F3O4. The largest absolute Gasteiger partial charge is 0.481 e. The molecule has 1 N–H and O–H groups in total. The first-order valence-electron chi connectivity index (χ1n) is 5.86. The lowest BCUT2D eigenvalue weighted by Gasteiger charge is -2.34. The van der Waals surface area contributed by atoms with E-state index in [1.54, 1.807) is 0 Å². The van der Waals surface area contributed by atoms with E-state index >= 15 is 0 Å². The van der Waals surface area contributed by atoms with E-state index < -0.39 is 29.4 Å². The molecule has 1 aliphatic rings. The highest BCUT2D eigenvalue weighted by Crippen LogP contribution is 2.34. The SMILES string of the molecule is CC1(C(=O)O)COC(c2ccc(C(F)(F)F)cc2)OC1. The lowest BCUT2D eigenvalue weighted by molar-refractivity contribution is -0.234. The molecule has 7 heteroatoms. The Morgan fingerprint density at radius 1 is 1.25 bits per heavy atom. The third-order valence-corrected chi connectivity index (χ3v) is 3.13. The Bertz CT molecular complexity index is 487. The Hall–Kier alpha value is -1.60. The summed E-state index contributed by atoms with van der Waals surface area (Å²) in [5.41, 5.74) is -1.47. The Kier molecular flexibility index (Phi) is 3.75. The van der Waals surface area contributed by atoms with Gasteiger partial charge in [0.1, 0.15) is 5.41 Å². The Morgan fingerprint density at radius 3 is 2.15 bits per heavy atom. The summed E-state index contributed by atoms with van der Waals surface area (Å²) in [6, 6.07) is 4.40. The van der Waals surface area contributed by atoms with E-state index in [-0.39, 0.29) is 13.2 Å². The second kappa shape index (κ2) is 5.06. The van der Waals surface area contributed by atoms with Gasteiger partial charge >= 0.3 is 12.1 Å². The second-order valence-corrected chi connectivity index (χ2v) is 4.94. The quantitative estimate of drug-likeness (QED) is 0.910. The van der Waals surface area contributed by atoms with Crippen LogP contribution >= 0.6 is 0 Å². The number of carbonyl (C=O) groups is 1. The molecule has 2 rings (SSSR count). The summed E-state index contributed by atoms with van der Waals surface area (Å²) in [5.74, 6) is -1.04. The maximum absolute atomic E-state index is 12.4. The molecular weight excluding hydrogens is 277 g/mol. The normalized spacial score (nSPS) is 27.3. The van der Waals surface area contributed by atoms with Crippen LogP contribution in [0.25, 0.3) is 0 Å². The highest BCUT2D eigenvalue weighted by atomic mass is 19.4. The highest BCUT2D eigenvalue weighted by Gasteiger charge is 2.40. The third-order valence-electron chi connectivity index (χ3n) is 3.13. The number of alkyl halides is 3. The van der Waals surface area contributed by atoms with Crippen LogP contribution in [-0.2, 0) is 20.4 Å². The van der Waals surface area contributed by atoms with Crippen molar-refractivity contribution in [3.05, 3.63) is 35.4 Å². The van der Waals surface area contributed by atoms with Crippen LogP contribution in [0.3, 0.4) is 0 Å². The molecule has 0 spiro atoms. The zero-order valence-corrected chi connectivity index (χ0v) is 10.6. The molecule has 1 aromatic carbocycles. The number of carboxylic acids is 1. The van der Waals surface area contributed by atoms with Crippen molar-refractivity contribution >= 4 is 5.97 Å². The van der Waals surface area contributed by atoms with Crippen LogP contribution in [0.4, 0.5) is 13.2 Å². The number of carboxylic acid groups (broad SMARTS) is 1. The zero-order valence-electron chi connectivity index (χ0n) is 10.6. The number of halogens is 3. The van der Waals surface area contributed by atoms with Crippen LogP contribution in [-0.4, -0.2) is 24.3 Å². The average Bonchev–Trinajstić information content (AvgIpc) is 2.38. The summed E-state index contributed by atoms with van der Waals surface area (Å²) in [5, 5.41) is 9.00. The van der Waals surface area contributed by atoms with Gasteiger partial charge < -0.3 is 14.6 Å². The Labute approximate surface area is 113 Å². The van der Waals surface area contributed by atoms with Gasteiger partial charge in [-0.25, -0.2) is 0 Å². The maximum Gasteiger partial charge on any atom is 0.416 e. The molecule has 0 unspecified atom stereocenters. The Morgan fingerprint density at radius 2 is 1.75 bits per heavy atom. The molecule has 0 radical (unpaired) electrons. The standard InChI is InChI=1S/C13H13F3O4/c1-12(11(17)18)6-19-10(20-7-12)8-2-4-9(5-3-8)13(14,15)16/h2-5,10H,6-7H2,1H3,(H,17,18). The van der Waals surface area contributed by atoms with Crippen molar-refractivity contribution in [3.63, 3.8) is 0 Å². The van der Waals surface area contributed by atoms with Crippen LogP contribution in [0.5, 0.6) is 0 Å². The maximum atomic E-state index is 12.4. The minimum atomic E-state index is -4.39. The molecule has 1 aromatic rings. The van der Waals surface area contributed by atoms with Gasteiger partial charge in [-0.05, 0) is 19.1 Å². The second-order valence-electron chi connectivity index (χ2n) is 4.94. The molecule has 1 aliphatic heterocycles. The molecule has 1 saturated heterocycles. The van der Waals surface area contributed by atoms with Crippen LogP contribution in [0, 0.1) is 5.41 Å². The van der Waals surface area contributed by atoms with E-state index in [0.717, 1.165) is 12.1 Å². The number of hydrogen-bond donors (Lipinski definition) is 1. The van der Waals surface area contributed by atoms with Gasteiger partial charge in [-0.2, -0.15) is 13.2 Å². The van der Waals surface area contributed by atoms with E-state index in [1.807, 2.05) is 0 Å². The molecule has 0 aromatic heterocycles. The number of aliphatic carboxylic acids is 1. The lowest BCUT2D eigenvalue weighted by atomic mass is 9.92. The first-order chi connectivity index (χ1) is 9.22. The summed E-state index contributed by atoms with van der Waals surface area (Å²) in [6.07, 6.45) is -5.24. The van der Waals surface area contributed by atoms with Crippen LogP contribution in [0.2, 0.25) is 0 Å². The van der Waals surface area contributed by atoms with Crippen molar-refractivity contribution in [3.8, 4) is 0 Å². The van der Waals surface area contributed by atoms with Gasteiger partial charge in [0, 0.05) is 5.56 Å². The van der Waals surface area contributed by atoms with E-state index in [4.69, 9.17) is 14.6 Å². The van der Waals surface area contributed by atoms with E-state index in [0.29, 0.717) is 5.56 Å². The minimum Gasteiger partial charge on any atom is -0.481 e. The first kappa shape index (κ1) is 14.8. The van der Waals surface area contributed by atoms with Crippen LogP contribution in [0.1, 0.15) is 24.3 Å². The first-order valence-corrected chi connectivity index (χ1v) is 5.86. The molecule has 0 aliphatic carbocycles. The van der Waals surface area contributed by atoms with Crippen molar-refractivity contribution < 1.29 is 32.5 Å². The predicted molar refractivity (Wildman–Crippen MR) is 61.8 cm³/mol. The van der Waals surface area contributed by atoms with E-state index in [2.05, 4.69) is 0 Å². The fraction of sp³-hybridized carbons (Fsp3) is 0.462. The van der Waals surface area contributed by atoms with Crippen molar-refractivity contribution in [1.82, 2.24) is 0 Å². The number of rotatable bonds is 2. The molecule has 1 heterocycles. The molecule has 0 saturated carbocycles. The molecule has 0 atom stereocenters. The van der Waals surface area contributed by atoms with Gasteiger partial charge in [-0.15, -0.1) is 0 Å². The molecule has 0 bridgehead atoms. The monoisotopic (exact) mass is 290 g/mol. The molecule has 0 amide bonds. The van der Waals surface area contributed by atoms with Crippen molar-refractivity contribution in [1.29, 1.82) is 0 Å². The molecule has 110 valence electrons. The fourth-order valence-electron chi connectivity index (χ4n) is 1.75. The summed E-state index contributed by atoms with van der Waals surface area (Å²) < 4.78 is 47.8. The van der Waals surface area contributed by atoms with Gasteiger partial charge in [-0.1, -0.05) is 12.1 Å². The van der Waals surface area contributed by atoms with E-state index in [1.165, 1.54) is 19.1 Å². The Balaban J connectivity index is 2.06. The van der Waals surface area contributed by atoms with Gasteiger partial charge in [0.2, 0.25) is 0 Å². The van der Waals surface area contributed by atoms with Gasteiger partial charge in [0.05, 0.1) is 18.8 Å². The van der Waals surface area contributed by atoms with Gasteiger partial charge in [0.25, 0.3) is 0 Å². The fourth-order valence-corrected chi connectivity index (χ4v) is 1.75. The highest BCUT2D eigenvalue weighted by molar-refractivity contribution is 5.74. The molecule has 4 nitrogen and oxygen atoms in total. The number of hydrogen-bond acceptors (Lipinski definition) is 3. The third kappa shape index (κ3) is 2.94. The zero-order chi connectivity index (χ0) is 15.0. The lowest BCUT2D eigenvalue weighted by Crippen LogP contribution is -2.42. The van der Waals surface area contributed by atoms with Gasteiger partial charge in [0.15, 0.2) is 6.29 Å². The molecule has 20 heavy (non-hydrogen) atoms. The minimum absolute atomic E-state index is 0.0615. The van der Waals surface area contributed by atoms with Crippen LogP contribution < -0.4 is 0 Å². The molecule has 1 fully saturated rings. The number of ether oxygens (including phenoxy) is 2. The van der Waals surface area contributed by atoms with E-state index in [9.17, 15) is 18.0 Å². The topological polar surface area (TPSA) is 55.8 Å². The smallest absolute Gasteiger partial charge is 0.416 e. The summed E-state index contributed by atoms with van der Waals surface area (Å²) in [6.45, 7) is 1.36. The summed E-state index contributed by atoms with van der Waals surface area (Å²) >= 11 is 0. The average molecular weight is 290 g/mol. The van der Waals surface area contributed by atoms with Crippen molar-refractivity contribution in [2.75, 3.05) is 13.2 Å². The van der Waals surface area contributed by atoms with Crippen molar-refractivity contribution in [2.24, 2.45) is 5.41 Å². The van der Waals surface area contributed by atoms with Crippen molar-refractivity contribution in [2.45, 2.75) is 19.4 Å². The predicted octanol–water partition coefficient (Wildman–Crippen LogP) is 2.84. The van der Waals surface area contributed by atoms with Crippen LogP contribution in [0.15, 0.2) is 24.3 Å². The summed E-state index contributed by atoms with van der Waals surface area (Å²) in [4.78, 5) is 11.0. The van der Waals surface area contributed by atoms with Gasteiger partial charge in [-0.3, -0.25) is 4.79 Å². The number of benzene rings is 1. The summed E-state index contributed by atoms with van der Waals surface area (Å²) in [7, 11) is 0.